The van der Waals surface area contributed by atoms with Crippen molar-refractivity contribution in [3.8, 4) is 0 Å². The third-order valence-corrected chi connectivity index (χ3v) is 3.41. The van der Waals surface area contributed by atoms with Gasteiger partial charge in [-0.1, -0.05) is 6.07 Å². The van der Waals surface area contributed by atoms with Crippen molar-refractivity contribution < 1.29 is 9.90 Å². The van der Waals surface area contributed by atoms with Gasteiger partial charge in [0.05, 0.1) is 12.2 Å². The Morgan fingerprint density at radius 2 is 1.95 bits per heavy atom. The first-order valence-electron chi connectivity index (χ1n) is 7.01. The Bertz CT molecular complexity index is 413. The normalized spacial score (nSPS) is 19.0. The van der Waals surface area contributed by atoms with E-state index in [1.165, 1.54) is 0 Å². The molecule has 0 radical (unpaired) electrons. The number of carboxylic acid groups (broad SMARTS) is 1. The van der Waals surface area contributed by atoms with Crippen molar-refractivity contribution in [2.45, 2.75) is 6.54 Å². The quantitative estimate of drug-likeness (QED) is 0.800. The van der Waals surface area contributed by atoms with E-state index in [2.05, 4.69) is 15.2 Å². The van der Waals surface area contributed by atoms with E-state index in [1.54, 1.807) is 6.20 Å². The predicted octanol–water partition coefficient (Wildman–Crippen LogP) is -0.127. The Balaban J connectivity index is 1.90. The van der Waals surface area contributed by atoms with Crippen molar-refractivity contribution in [1.82, 2.24) is 20.1 Å². The Labute approximate surface area is 119 Å². The third-order valence-electron chi connectivity index (χ3n) is 3.41. The van der Waals surface area contributed by atoms with Gasteiger partial charge in [-0.05, 0) is 12.1 Å². The highest BCUT2D eigenvalue weighted by molar-refractivity contribution is 5.69. The number of hydrogen-bond acceptors (Lipinski definition) is 5. The number of carboxylic acids is 1. The zero-order valence-electron chi connectivity index (χ0n) is 11.7. The van der Waals surface area contributed by atoms with E-state index in [4.69, 9.17) is 5.11 Å². The average Bonchev–Trinajstić information content (AvgIpc) is 2.53. The molecule has 1 aromatic heterocycles. The van der Waals surface area contributed by atoms with Gasteiger partial charge in [0.25, 0.3) is 0 Å². The van der Waals surface area contributed by atoms with Gasteiger partial charge in [-0.3, -0.25) is 19.6 Å². The van der Waals surface area contributed by atoms with Gasteiger partial charge in [-0.2, -0.15) is 0 Å². The van der Waals surface area contributed by atoms with Crippen LogP contribution in [0.5, 0.6) is 0 Å². The summed E-state index contributed by atoms with van der Waals surface area (Å²) < 4.78 is 0. The van der Waals surface area contributed by atoms with Gasteiger partial charge in [0.1, 0.15) is 0 Å². The number of carbonyl (C=O) groups is 1. The minimum absolute atomic E-state index is 0.110. The highest BCUT2D eigenvalue weighted by atomic mass is 16.4. The molecule has 1 aromatic rings. The molecule has 1 fully saturated rings. The van der Waals surface area contributed by atoms with E-state index < -0.39 is 5.97 Å². The lowest BCUT2D eigenvalue weighted by Gasteiger charge is -2.24. The highest BCUT2D eigenvalue weighted by Gasteiger charge is 2.14. The Kier molecular flexibility index (Phi) is 5.91. The van der Waals surface area contributed by atoms with Gasteiger partial charge in [-0.25, -0.2) is 0 Å². The molecule has 6 nitrogen and oxygen atoms in total. The van der Waals surface area contributed by atoms with Crippen LogP contribution in [-0.4, -0.2) is 71.7 Å². The monoisotopic (exact) mass is 278 g/mol. The highest BCUT2D eigenvalue weighted by Crippen LogP contribution is 2.02. The number of pyridine rings is 1. The van der Waals surface area contributed by atoms with Crippen LogP contribution >= 0.6 is 0 Å². The van der Waals surface area contributed by atoms with Crippen LogP contribution in [0.4, 0.5) is 0 Å². The van der Waals surface area contributed by atoms with E-state index in [1.807, 2.05) is 23.1 Å². The van der Waals surface area contributed by atoms with E-state index in [-0.39, 0.29) is 6.54 Å². The summed E-state index contributed by atoms with van der Waals surface area (Å²) in [7, 11) is 0. The molecule has 1 aliphatic rings. The Morgan fingerprint density at radius 3 is 2.65 bits per heavy atom. The molecule has 0 aromatic carbocycles. The first-order valence-corrected chi connectivity index (χ1v) is 7.01. The topological polar surface area (TPSA) is 68.7 Å². The molecular weight excluding hydrogens is 256 g/mol. The molecule has 20 heavy (non-hydrogen) atoms. The fourth-order valence-electron chi connectivity index (χ4n) is 2.33. The molecule has 0 saturated carbocycles. The first kappa shape index (κ1) is 14.9. The Morgan fingerprint density at radius 1 is 1.20 bits per heavy atom. The first-order chi connectivity index (χ1) is 9.74. The van der Waals surface area contributed by atoms with E-state index in [0.29, 0.717) is 0 Å². The summed E-state index contributed by atoms with van der Waals surface area (Å²) in [6.45, 7) is 6.06. The number of hydrogen-bond donors (Lipinski definition) is 2. The summed E-state index contributed by atoms with van der Waals surface area (Å²) in [5.41, 5.74) is 1.05. The van der Waals surface area contributed by atoms with Crippen LogP contribution < -0.4 is 5.32 Å². The van der Waals surface area contributed by atoms with Gasteiger partial charge in [-0.15, -0.1) is 0 Å². The third kappa shape index (κ3) is 5.24. The summed E-state index contributed by atoms with van der Waals surface area (Å²) in [6.07, 6.45) is 1.81. The van der Waals surface area contributed by atoms with Crippen molar-refractivity contribution in [3.63, 3.8) is 0 Å². The summed E-state index contributed by atoms with van der Waals surface area (Å²) in [5.74, 6) is -0.763. The standard InChI is InChI=1S/C14H22N4O2/c19-14(20)12-18-8-6-15-5-7-17(9-10-18)11-13-3-1-2-4-16-13/h1-4,15H,5-12H2,(H,19,20). The predicted molar refractivity (Wildman–Crippen MR) is 76.5 cm³/mol. The van der Waals surface area contributed by atoms with Crippen LogP contribution in [0.25, 0.3) is 0 Å². The minimum atomic E-state index is -0.763. The lowest BCUT2D eigenvalue weighted by atomic mass is 10.3. The molecule has 6 heteroatoms. The summed E-state index contributed by atoms with van der Waals surface area (Å²) in [6, 6.07) is 5.93. The molecule has 1 aliphatic heterocycles. The van der Waals surface area contributed by atoms with Crippen molar-refractivity contribution in [2.75, 3.05) is 45.8 Å². The average molecular weight is 278 g/mol. The van der Waals surface area contributed by atoms with Gasteiger partial charge in [0.2, 0.25) is 0 Å². The molecule has 0 amide bonds. The van der Waals surface area contributed by atoms with Crippen LogP contribution in [0, 0.1) is 0 Å². The molecule has 0 atom stereocenters. The number of aromatic nitrogens is 1. The number of nitrogens with zero attached hydrogens (tertiary/aromatic N) is 3. The lowest BCUT2D eigenvalue weighted by Crippen LogP contribution is -2.38. The maximum absolute atomic E-state index is 10.8. The van der Waals surface area contributed by atoms with E-state index in [0.717, 1.165) is 51.5 Å². The van der Waals surface area contributed by atoms with Crippen LogP contribution in [-0.2, 0) is 11.3 Å². The van der Waals surface area contributed by atoms with Gasteiger partial charge in [0, 0.05) is 52.0 Å². The zero-order valence-corrected chi connectivity index (χ0v) is 11.7. The molecule has 0 spiro atoms. The molecule has 2 heterocycles. The van der Waals surface area contributed by atoms with Gasteiger partial charge >= 0.3 is 5.97 Å². The molecule has 0 bridgehead atoms. The van der Waals surface area contributed by atoms with Crippen molar-refractivity contribution >= 4 is 5.97 Å². The fraction of sp³-hybridized carbons (Fsp3) is 0.571. The summed E-state index contributed by atoms with van der Waals surface area (Å²) >= 11 is 0. The number of rotatable bonds is 4. The summed E-state index contributed by atoms with van der Waals surface area (Å²) in [4.78, 5) is 19.5. The van der Waals surface area contributed by atoms with E-state index in [9.17, 15) is 4.79 Å². The SMILES string of the molecule is O=C(O)CN1CCNCCN(Cc2ccccn2)CC1. The molecule has 110 valence electrons. The van der Waals surface area contributed by atoms with Crippen LogP contribution in [0.2, 0.25) is 0 Å². The minimum Gasteiger partial charge on any atom is -0.480 e. The Hall–Kier alpha value is -1.50. The molecule has 1 saturated heterocycles. The van der Waals surface area contributed by atoms with E-state index >= 15 is 0 Å². The van der Waals surface area contributed by atoms with Gasteiger partial charge in [0.15, 0.2) is 0 Å². The maximum atomic E-state index is 10.8. The molecule has 2 N–H and O–H groups in total. The van der Waals surface area contributed by atoms with Crippen molar-refractivity contribution in [2.24, 2.45) is 0 Å². The molecule has 2 rings (SSSR count). The number of nitrogens with one attached hydrogen (secondary N) is 1. The molecule has 0 unspecified atom stereocenters. The maximum Gasteiger partial charge on any atom is 0.317 e. The lowest BCUT2D eigenvalue weighted by molar-refractivity contribution is -0.138. The number of aliphatic carboxylic acids is 1. The molecule has 0 aliphatic carbocycles. The second kappa shape index (κ2) is 7.94. The van der Waals surface area contributed by atoms with Crippen LogP contribution in [0.3, 0.4) is 0 Å². The molecular formula is C14H22N4O2. The second-order valence-electron chi connectivity index (χ2n) is 5.02. The van der Waals surface area contributed by atoms with Crippen molar-refractivity contribution in [1.29, 1.82) is 0 Å². The largest absolute Gasteiger partial charge is 0.480 e. The smallest absolute Gasteiger partial charge is 0.317 e. The van der Waals surface area contributed by atoms with Crippen molar-refractivity contribution in [3.05, 3.63) is 30.1 Å². The zero-order chi connectivity index (χ0) is 14.2. The van der Waals surface area contributed by atoms with Crippen LogP contribution in [0.1, 0.15) is 5.69 Å². The van der Waals surface area contributed by atoms with Crippen LogP contribution in [0.15, 0.2) is 24.4 Å². The summed E-state index contributed by atoms with van der Waals surface area (Å²) in [5, 5.41) is 12.3. The fourth-order valence-corrected chi connectivity index (χ4v) is 2.33. The second-order valence-corrected chi connectivity index (χ2v) is 5.02. The van der Waals surface area contributed by atoms with Gasteiger partial charge < -0.3 is 10.4 Å².